The Balaban J connectivity index is 2.46. The highest BCUT2D eigenvalue weighted by atomic mass is 16.5. The van der Waals surface area contributed by atoms with Crippen LogP contribution in [0.25, 0.3) is 5.52 Å². The predicted molar refractivity (Wildman–Crippen MR) is 57.3 cm³/mol. The number of hydrogen-bond acceptors (Lipinski definition) is 3. The fraction of sp³-hybridized carbons (Fsp3) is 0.364. The third-order valence-corrected chi connectivity index (χ3v) is 2.33. The summed E-state index contributed by atoms with van der Waals surface area (Å²) in [5.74, 6) is 1.76. The van der Waals surface area contributed by atoms with E-state index < -0.39 is 0 Å². The third-order valence-electron chi connectivity index (χ3n) is 2.33. The Morgan fingerprint density at radius 3 is 2.93 bits per heavy atom. The maximum atomic E-state index is 5.29. The molecule has 0 unspecified atom stereocenters. The lowest BCUT2D eigenvalue weighted by Gasteiger charge is -2.06. The molecule has 0 saturated carbocycles. The molecule has 2 aromatic rings. The highest BCUT2D eigenvalue weighted by Gasteiger charge is 2.06. The van der Waals surface area contributed by atoms with Gasteiger partial charge < -0.3 is 9.47 Å². The maximum Gasteiger partial charge on any atom is 0.199 e. The lowest BCUT2D eigenvalue weighted by Crippen LogP contribution is -2.02. The number of nitrogens with zero attached hydrogens (tertiary/aromatic N) is 2. The summed E-state index contributed by atoms with van der Waals surface area (Å²) in [4.78, 5) is 4.34. The standard InChI is InChI=1S/C11H14N2O2/c1-14-7-6-10-12-8-9-4-3-5-11(15-2)13(9)10/h3-5,8H,6-7H2,1-2H3. The van der Waals surface area contributed by atoms with Crippen LogP contribution in [0.4, 0.5) is 0 Å². The Labute approximate surface area is 88.5 Å². The molecule has 15 heavy (non-hydrogen) atoms. The molecule has 0 saturated heterocycles. The van der Waals surface area contributed by atoms with Crippen molar-refractivity contribution in [1.29, 1.82) is 0 Å². The van der Waals surface area contributed by atoms with E-state index in [1.54, 1.807) is 14.2 Å². The summed E-state index contributed by atoms with van der Waals surface area (Å²) < 4.78 is 12.3. The lowest BCUT2D eigenvalue weighted by molar-refractivity contribution is 0.200. The van der Waals surface area contributed by atoms with Gasteiger partial charge in [0.05, 0.1) is 25.4 Å². The van der Waals surface area contributed by atoms with Gasteiger partial charge in [0.25, 0.3) is 0 Å². The van der Waals surface area contributed by atoms with E-state index in [1.807, 2.05) is 28.8 Å². The smallest absolute Gasteiger partial charge is 0.199 e. The first kappa shape index (κ1) is 9.98. The minimum atomic E-state index is 0.664. The van der Waals surface area contributed by atoms with Crippen LogP contribution >= 0.6 is 0 Å². The van der Waals surface area contributed by atoms with E-state index in [-0.39, 0.29) is 0 Å². The summed E-state index contributed by atoms with van der Waals surface area (Å²) in [6, 6.07) is 5.88. The first-order chi connectivity index (χ1) is 7.36. The minimum absolute atomic E-state index is 0.664. The van der Waals surface area contributed by atoms with Crippen LogP contribution in [0, 0.1) is 0 Å². The summed E-state index contributed by atoms with van der Waals surface area (Å²) in [5, 5.41) is 0. The molecule has 0 spiro atoms. The number of hydrogen-bond donors (Lipinski definition) is 0. The van der Waals surface area contributed by atoms with E-state index >= 15 is 0 Å². The number of fused-ring (bicyclic) bond motifs is 1. The number of ether oxygens (including phenoxy) is 2. The Hall–Kier alpha value is -1.55. The zero-order valence-electron chi connectivity index (χ0n) is 8.93. The van der Waals surface area contributed by atoms with E-state index in [9.17, 15) is 0 Å². The zero-order chi connectivity index (χ0) is 10.7. The van der Waals surface area contributed by atoms with Gasteiger partial charge in [-0.1, -0.05) is 6.07 Å². The summed E-state index contributed by atoms with van der Waals surface area (Å²) in [5.41, 5.74) is 1.04. The predicted octanol–water partition coefficient (Wildman–Crippen LogP) is 1.53. The monoisotopic (exact) mass is 206 g/mol. The Bertz CT molecular complexity index is 451. The molecule has 0 N–H and O–H groups in total. The van der Waals surface area contributed by atoms with Gasteiger partial charge in [-0.3, -0.25) is 4.40 Å². The van der Waals surface area contributed by atoms with E-state index in [4.69, 9.17) is 9.47 Å². The van der Waals surface area contributed by atoms with Crippen molar-refractivity contribution in [2.75, 3.05) is 20.8 Å². The molecule has 0 aromatic carbocycles. The Morgan fingerprint density at radius 1 is 1.33 bits per heavy atom. The van der Waals surface area contributed by atoms with Gasteiger partial charge in [0, 0.05) is 13.5 Å². The van der Waals surface area contributed by atoms with Crippen LogP contribution in [0.15, 0.2) is 24.4 Å². The maximum absolute atomic E-state index is 5.29. The third kappa shape index (κ3) is 1.80. The molecule has 0 atom stereocenters. The fourth-order valence-corrected chi connectivity index (χ4v) is 1.61. The molecule has 0 aliphatic carbocycles. The van der Waals surface area contributed by atoms with Crippen LogP contribution in [-0.4, -0.2) is 30.2 Å². The summed E-state index contributed by atoms with van der Waals surface area (Å²) in [6.45, 7) is 0.664. The molecule has 0 radical (unpaired) electrons. The van der Waals surface area contributed by atoms with Crippen molar-refractivity contribution in [1.82, 2.24) is 9.38 Å². The number of methoxy groups -OCH3 is 2. The number of imidazole rings is 1. The lowest BCUT2D eigenvalue weighted by atomic mass is 10.4. The van der Waals surface area contributed by atoms with Crippen molar-refractivity contribution in [3.8, 4) is 5.88 Å². The second-order valence-electron chi connectivity index (χ2n) is 3.25. The second kappa shape index (κ2) is 4.31. The second-order valence-corrected chi connectivity index (χ2v) is 3.25. The Kier molecular flexibility index (Phi) is 2.87. The topological polar surface area (TPSA) is 35.8 Å². The SMILES string of the molecule is COCCc1ncc2cccc(OC)n12. The number of rotatable bonds is 4. The summed E-state index contributed by atoms with van der Waals surface area (Å²) in [7, 11) is 3.35. The van der Waals surface area contributed by atoms with E-state index in [2.05, 4.69) is 4.98 Å². The average Bonchev–Trinajstić information content (AvgIpc) is 2.69. The van der Waals surface area contributed by atoms with Gasteiger partial charge in [-0.25, -0.2) is 4.98 Å². The summed E-state index contributed by atoms with van der Waals surface area (Å²) in [6.07, 6.45) is 2.62. The highest BCUT2D eigenvalue weighted by molar-refractivity contribution is 5.49. The molecule has 80 valence electrons. The highest BCUT2D eigenvalue weighted by Crippen LogP contribution is 2.17. The van der Waals surface area contributed by atoms with Crippen molar-refractivity contribution < 1.29 is 9.47 Å². The number of aromatic nitrogens is 2. The van der Waals surface area contributed by atoms with Gasteiger partial charge in [0.2, 0.25) is 0 Å². The molecular formula is C11H14N2O2. The molecule has 0 bridgehead atoms. The quantitative estimate of drug-likeness (QED) is 0.761. The van der Waals surface area contributed by atoms with Gasteiger partial charge in [-0.05, 0) is 12.1 Å². The van der Waals surface area contributed by atoms with Crippen LogP contribution in [-0.2, 0) is 11.2 Å². The van der Waals surface area contributed by atoms with E-state index in [1.165, 1.54) is 0 Å². The van der Waals surface area contributed by atoms with Gasteiger partial charge in [-0.2, -0.15) is 0 Å². The van der Waals surface area contributed by atoms with Crippen LogP contribution in [0.2, 0.25) is 0 Å². The van der Waals surface area contributed by atoms with Gasteiger partial charge in [0.15, 0.2) is 5.88 Å². The number of pyridine rings is 1. The molecule has 0 aliphatic heterocycles. The molecule has 0 amide bonds. The molecule has 0 fully saturated rings. The molecule has 2 heterocycles. The minimum Gasteiger partial charge on any atom is -0.482 e. The van der Waals surface area contributed by atoms with Crippen LogP contribution in [0.5, 0.6) is 5.88 Å². The first-order valence-electron chi connectivity index (χ1n) is 4.85. The van der Waals surface area contributed by atoms with Crippen molar-refractivity contribution in [3.05, 3.63) is 30.2 Å². The largest absolute Gasteiger partial charge is 0.482 e. The van der Waals surface area contributed by atoms with Gasteiger partial charge >= 0.3 is 0 Å². The molecule has 4 nitrogen and oxygen atoms in total. The van der Waals surface area contributed by atoms with Crippen LogP contribution in [0.1, 0.15) is 5.82 Å². The van der Waals surface area contributed by atoms with E-state index in [0.717, 1.165) is 23.6 Å². The van der Waals surface area contributed by atoms with Gasteiger partial charge in [-0.15, -0.1) is 0 Å². The van der Waals surface area contributed by atoms with Gasteiger partial charge in [0.1, 0.15) is 5.82 Å². The fourth-order valence-electron chi connectivity index (χ4n) is 1.61. The zero-order valence-corrected chi connectivity index (χ0v) is 8.93. The van der Waals surface area contributed by atoms with Crippen molar-refractivity contribution in [3.63, 3.8) is 0 Å². The Morgan fingerprint density at radius 2 is 2.20 bits per heavy atom. The van der Waals surface area contributed by atoms with Crippen LogP contribution in [0.3, 0.4) is 0 Å². The average molecular weight is 206 g/mol. The molecule has 2 aromatic heterocycles. The molecule has 2 rings (SSSR count). The molecular weight excluding hydrogens is 192 g/mol. The van der Waals surface area contributed by atoms with Crippen molar-refractivity contribution >= 4 is 5.52 Å². The molecule has 4 heteroatoms. The van der Waals surface area contributed by atoms with Crippen molar-refractivity contribution in [2.45, 2.75) is 6.42 Å². The first-order valence-corrected chi connectivity index (χ1v) is 4.85. The normalized spacial score (nSPS) is 10.8. The van der Waals surface area contributed by atoms with E-state index in [0.29, 0.717) is 6.61 Å². The van der Waals surface area contributed by atoms with Crippen molar-refractivity contribution in [2.24, 2.45) is 0 Å². The molecule has 0 aliphatic rings. The van der Waals surface area contributed by atoms with Crippen LogP contribution < -0.4 is 4.74 Å². The summed E-state index contributed by atoms with van der Waals surface area (Å²) >= 11 is 0.